The molecule has 1 saturated carbocycles. The smallest absolute Gasteiger partial charge is 0.254 e. The van der Waals surface area contributed by atoms with Gasteiger partial charge in [-0.05, 0) is 63.4 Å². The number of sulfonamides is 1. The predicted octanol–water partition coefficient (Wildman–Crippen LogP) is 2.27. The van der Waals surface area contributed by atoms with E-state index in [1.54, 1.807) is 4.90 Å². The quantitative estimate of drug-likeness (QED) is 0.662. The maximum atomic E-state index is 12.5. The molecule has 1 aromatic rings. The summed E-state index contributed by atoms with van der Waals surface area (Å²) in [4.78, 5) is 14.1. The highest BCUT2D eigenvalue weighted by Crippen LogP contribution is 2.36. The first-order valence-corrected chi connectivity index (χ1v) is 13.1. The SMILES string of the molecule is CC(C)(O)C(=O)N1CC[C@H](NS(C)(=O)=O)C(OCC2CCC(c3ccccc3)CC2)C1. The third-order valence-corrected chi connectivity index (χ3v) is 7.13. The number of carbonyl (C=O) groups is 1. The standard InChI is InChI=1S/C23H36N2O5S/c1-23(2,27)22(26)25-14-13-20(24-31(3,28)29)21(15-25)30-16-17-9-11-19(12-10-17)18-7-5-4-6-8-18/h4-8,17,19-21,24,27H,9-16H2,1-3H3/t17?,19?,20-,21?/m0/s1. The van der Waals surface area contributed by atoms with Crippen LogP contribution >= 0.6 is 0 Å². The fourth-order valence-electron chi connectivity index (χ4n) is 4.71. The number of piperidine rings is 1. The van der Waals surface area contributed by atoms with Crippen molar-refractivity contribution in [1.82, 2.24) is 9.62 Å². The molecule has 0 aromatic heterocycles. The first kappa shape index (κ1) is 24.2. The maximum absolute atomic E-state index is 12.5. The summed E-state index contributed by atoms with van der Waals surface area (Å²) in [7, 11) is -3.39. The van der Waals surface area contributed by atoms with Gasteiger partial charge in [-0.3, -0.25) is 4.79 Å². The summed E-state index contributed by atoms with van der Waals surface area (Å²) in [6, 6.07) is 10.2. The van der Waals surface area contributed by atoms with E-state index in [0.717, 1.165) is 31.9 Å². The second kappa shape index (κ2) is 9.98. The minimum absolute atomic E-state index is 0.273. The molecule has 1 aliphatic carbocycles. The number of ether oxygens (including phenoxy) is 1. The number of likely N-dealkylation sites (tertiary alicyclic amines) is 1. The van der Waals surface area contributed by atoms with E-state index in [1.807, 2.05) is 6.07 Å². The molecule has 0 radical (unpaired) electrons. The Bertz CT molecular complexity index is 829. The summed E-state index contributed by atoms with van der Waals surface area (Å²) in [6.45, 7) is 4.15. The minimum Gasteiger partial charge on any atom is -0.381 e. The molecule has 1 amide bonds. The molecule has 0 bridgehead atoms. The van der Waals surface area contributed by atoms with Crippen molar-refractivity contribution in [2.75, 3.05) is 26.0 Å². The summed E-state index contributed by atoms with van der Waals surface area (Å²) in [5.41, 5.74) is -0.0652. The highest BCUT2D eigenvalue weighted by molar-refractivity contribution is 7.88. The van der Waals surface area contributed by atoms with E-state index in [-0.39, 0.29) is 18.5 Å². The average molecular weight is 453 g/mol. The van der Waals surface area contributed by atoms with Gasteiger partial charge in [0.25, 0.3) is 5.91 Å². The number of amides is 1. The summed E-state index contributed by atoms with van der Waals surface area (Å²) < 4.78 is 32.5. The first-order valence-electron chi connectivity index (χ1n) is 11.2. The third kappa shape index (κ3) is 7.00. The minimum atomic E-state index is -3.39. The zero-order valence-electron chi connectivity index (χ0n) is 18.8. The van der Waals surface area contributed by atoms with Crippen LogP contribution in [0.2, 0.25) is 0 Å². The van der Waals surface area contributed by atoms with Gasteiger partial charge in [-0.1, -0.05) is 30.3 Å². The monoisotopic (exact) mass is 452 g/mol. The van der Waals surface area contributed by atoms with Crippen LogP contribution < -0.4 is 4.72 Å². The van der Waals surface area contributed by atoms with Crippen molar-refractivity contribution < 1.29 is 23.1 Å². The summed E-state index contributed by atoms with van der Waals surface area (Å²) in [5.74, 6) is 0.660. The number of nitrogens with one attached hydrogen (secondary N) is 1. The summed E-state index contributed by atoms with van der Waals surface area (Å²) in [6.07, 6.45) is 5.56. The molecule has 1 heterocycles. The van der Waals surface area contributed by atoms with Crippen LogP contribution in [0.25, 0.3) is 0 Å². The van der Waals surface area contributed by atoms with Gasteiger partial charge in [-0.2, -0.15) is 0 Å². The number of benzene rings is 1. The van der Waals surface area contributed by atoms with Crippen molar-refractivity contribution >= 4 is 15.9 Å². The fourth-order valence-corrected chi connectivity index (χ4v) is 5.53. The van der Waals surface area contributed by atoms with Crippen LogP contribution in [-0.2, 0) is 19.6 Å². The molecular formula is C23H36N2O5S. The van der Waals surface area contributed by atoms with Crippen molar-refractivity contribution in [3.8, 4) is 0 Å². The Hall–Kier alpha value is -1.48. The van der Waals surface area contributed by atoms with Gasteiger partial charge >= 0.3 is 0 Å². The van der Waals surface area contributed by atoms with Crippen molar-refractivity contribution in [2.24, 2.45) is 5.92 Å². The Morgan fingerprint density at radius 2 is 1.81 bits per heavy atom. The largest absolute Gasteiger partial charge is 0.381 e. The van der Waals surface area contributed by atoms with Crippen molar-refractivity contribution in [2.45, 2.75) is 69.6 Å². The predicted molar refractivity (Wildman–Crippen MR) is 120 cm³/mol. The highest BCUT2D eigenvalue weighted by atomic mass is 32.2. The molecule has 31 heavy (non-hydrogen) atoms. The molecule has 2 atom stereocenters. The molecule has 0 spiro atoms. The van der Waals surface area contributed by atoms with Crippen LogP contribution in [-0.4, -0.2) is 68.0 Å². The van der Waals surface area contributed by atoms with Crippen molar-refractivity contribution in [1.29, 1.82) is 0 Å². The van der Waals surface area contributed by atoms with Gasteiger partial charge in [-0.15, -0.1) is 0 Å². The number of rotatable bonds is 7. The first-order chi connectivity index (χ1) is 14.5. The molecule has 174 valence electrons. The van der Waals surface area contributed by atoms with Crippen LogP contribution in [0.3, 0.4) is 0 Å². The van der Waals surface area contributed by atoms with Gasteiger partial charge < -0.3 is 14.7 Å². The molecule has 2 N–H and O–H groups in total. The van der Waals surface area contributed by atoms with Crippen LogP contribution in [0.15, 0.2) is 30.3 Å². The highest BCUT2D eigenvalue weighted by Gasteiger charge is 2.38. The molecule has 7 nitrogen and oxygen atoms in total. The van der Waals surface area contributed by atoms with E-state index in [0.29, 0.717) is 31.4 Å². The second-order valence-corrected chi connectivity index (χ2v) is 11.4. The topological polar surface area (TPSA) is 95.9 Å². The number of carbonyl (C=O) groups excluding carboxylic acids is 1. The van der Waals surface area contributed by atoms with Crippen LogP contribution in [0.4, 0.5) is 0 Å². The van der Waals surface area contributed by atoms with E-state index >= 15 is 0 Å². The third-order valence-electron chi connectivity index (χ3n) is 6.40. The molecule has 3 rings (SSSR count). The number of hydrogen-bond acceptors (Lipinski definition) is 5. The number of aliphatic hydroxyl groups is 1. The van der Waals surface area contributed by atoms with E-state index < -0.39 is 21.7 Å². The summed E-state index contributed by atoms with van der Waals surface area (Å²) >= 11 is 0. The van der Waals surface area contributed by atoms with E-state index in [1.165, 1.54) is 19.4 Å². The molecule has 8 heteroatoms. The zero-order chi connectivity index (χ0) is 22.6. The van der Waals surface area contributed by atoms with Crippen molar-refractivity contribution in [3.05, 3.63) is 35.9 Å². The summed E-state index contributed by atoms with van der Waals surface area (Å²) in [5, 5.41) is 10.1. The Kier molecular flexibility index (Phi) is 7.78. The number of hydrogen-bond donors (Lipinski definition) is 2. The lowest BCUT2D eigenvalue weighted by Gasteiger charge is -2.41. The van der Waals surface area contributed by atoms with E-state index in [9.17, 15) is 18.3 Å². The Labute approximate surface area is 186 Å². The van der Waals surface area contributed by atoms with Crippen LogP contribution in [0.5, 0.6) is 0 Å². The van der Waals surface area contributed by atoms with Gasteiger partial charge in [0.15, 0.2) is 0 Å². The Morgan fingerprint density at radius 1 is 1.16 bits per heavy atom. The average Bonchev–Trinajstić information content (AvgIpc) is 2.72. The fraction of sp³-hybridized carbons (Fsp3) is 0.696. The number of nitrogens with zero attached hydrogens (tertiary/aromatic N) is 1. The Morgan fingerprint density at radius 3 is 2.39 bits per heavy atom. The molecule has 1 aromatic carbocycles. The van der Waals surface area contributed by atoms with E-state index in [4.69, 9.17) is 4.74 Å². The van der Waals surface area contributed by atoms with Gasteiger partial charge in [0.05, 0.1) is 18.4 Å². The molecule has 1 saturated heterocycles. The van der Waals surface area contributed by atoms with Gasteiger partial charge in [0.2, 0.25) is 10.0 Å². The van der Waals surface area contributed by atoms with Gasteiger partial charge in [0, 0.05) is 19.7 Å². The van der Waals surface area contributed by atoms with E-state index in [2.05, 4.69) is 29.0 Å². The molecular weight excluding hydrogens is 416 g/mol. The lowest BCUT2D eigenvalue weighted by atomic mass is 9.79. The second-order valence-electron chi connectivity index (χ2n) is 9.60. The lowest BCUT2D eigenvalue weighted by molar-refractivity contribution is -0.153. The van der Waals surface area contributed by atoms with Crippen molar-refractivity contribution in [3.63, 3.8) is 0 Å². The van der Waals surface area contributed by atoms with Gasteiger partial charge in [-0.25, -0.2) is 13.1 Å². The van der Waals surface area contributed by atoms with Crippen LogP contribution in [0.1, 0.15) is 57.4 Å². The molecule has 1 aliphatic heterocycles. The lowest BCUT2D eigenvalue weighted by Crippen LogP contribution is -2.59. The molecule has 1 unspecified atom stereocenters. The van der Waals surface area contributed by atoms with Gasteiger partial charge in [0.1, 0.15) is 5.60 Å². The zero-order valence-corrected chi connectivity index (χ0v) is 19.6. The van der Waals surface area contributed by atoms with Crippen LogP contribution in [0, 0.1) is 5.92 Å². The molecule has 2 fully saturated rings. The Balaban J connectivity index is 1.57. The normalized spacial score (nSPS) is 27.8. The maximum Gasteiger partial charge on any atom is 0.254 e. The molecule has 2 aliphatic rings.